The van der Waals surface area contributed by atoms with Crippen LogP contribution in [0.3, 0.4) is 0 Å². The molecule has 7 heteroatoms. The molecule has 0 aliphatic carbocycles. The molecule has 0 fully saturated rings. The summed E-state index contributed by atoms with van der Waals surface area (Å²) in [6, 6.07) is 8.04. The van der Waals surface area contributed by atoms with Crippen molar-refractivity contribution in [2.24, 2.45) is 0 Å². The summed E-state index contributed by atoms with van der Waals surface area (Å²) in [5.74, 6) is 0.762. The number of carbonyl (C=O) groups excluding carboxylic acids is 1. The van der Waals surface area contributed by atoms with Crippen molar-refractivity contribution in [3.05, 3.63) is 71.2 Å². The lowest BCUT2D eigenvalue weighted by atomic mass is 10.1. The fourth-order valence-corrected chi connectivity index (χ4v) is 3.19. The minimum Gasteiger partial charge on any atom is -0.466 e. The van der Waals surface area contributed by atoms with Gasteiger partial charge in [-0.1, -0.05) is 13.8 Å². The van der Waals surface area contributed by atoms with Crippen LogP contribution < -0.4 is 5.32 Å². The summed E-state index contributed by atoms with van der Waals surface area (Å²) in [6.07, 6.45) is 3.52. The van der Waals surface area contributed by atoms with E-state index < -0.39 is 5.82 Å². The van der Waals surface area contributed by atoms with Crippen LogP contribution in [-0.4, -0.2) is 20.7 Å². The van der Waals surface area contributed by atoms with Crippen molar-refractivity contribution in [1.82, 2.24) is 14.8 Å². The average Bonchev–Trinajstić information content (AvgIpc) is 3.24. The number of aryl methyl sites for hydroxylation is 2. The SMILES string of the molecule is Cc1cc(C(=O)Nc2ccc(F)c(-n3cc4cc(C(C)C)cnc4n3)c2)c(C)o1. The first-order valence-electron chi connectivity index (χ1n) is 9.35. The third kappa shape index (κ3) is 3.63. The number of carbonyl (C=O) groups is 1. The van der Waals surface area contributed by atoms with E-state index in [4.69, 9.17) is 4.42 Å². The lowest BCUT2D eigenvalue weighted by Gasteiger charge is -2.08. The molecule has 0 aliphatic rings. The quantitative estimate of drug-likeness (QED) is 0.522. The first-order valence-corrected chi connectivity index (χ1v) is 9.35. The van der Waals surface area contributed by atoms with Gasteiger partial charge in [-0.25, -0.2) is 14.1 Å². The maximum Gasteiger partial charge on any atom is 0.259 e. The molecule has 148 valence electrons. The number of aromatic nitrogens is 3. The number of pyridine rings is 1. The molecule has 0 aliphatic heterocycles. The van der Waals surface area contributed by atoms with Gasteiger partial charge in [-0.3, -0.25) is 4.79 Å². The summed E-state index contributed by atoms with van der Waals surface area (Å²) in [5.41, 5.74) is 2.76. The highest BCUT2D eigenvalue weighted by molar-refractivity contribution is 6.05. The zero-order valence-electron chi connectivity index (χ0n) is 16.7. The standard InChI is InChI=1S/C22H21FN4O2/c1-12(2)15-8-16-11-27(26-21(16)24-10-15)20-9-17(5-6-19(20)23)25-22(28)18-7-13(3)29-14(18)4/h5-12H,1-4H3,(H,25,28). The second-order valence-electron chi connectivity index (χ2n) is 7.36. The van der Waals surface area contributed by atoms with E-state index in [0.717, 1.165) is 10.9 Å². The number of hydrogen-bond donors (Lipinski definition) is 1. The largest absolute Gasteiger partial charge is 0.466 e. The van der Waals surface area contributed by atoms with Crippen LogP contribution in [0.25, 0.3) is 16.7 Å². The van der Waals surface area contributed by atoms with E-state index in [1.165, 1.54) is 16.8 Å². The Morgan fingerprint density at radius 2 is 2.00 bits per heavy atom. The minimum absolute atomic E-state index is 0.229. The molecule has 0 saturated carbocycles. The normalized spacial score (nSPS) is 11.4. The molecule has 29 heavy (non-hydrogen) atoms. The van der Waals surface area contributed by atoms with Crippen molar-refractivity contribution in [2.75, 3.05) is 5.32 Å². The summed E-state index contributed by atoms with van der Waals surface area (Å²) in [7, 11) is 0. The van der Waals surface area contributed by atoms with Gasteiger partial charge in [0.1, 0.15) is 23.0 Å². The first kappa shape index (κ1) is 18.9. The van der Waals surface area contributed by atoms with E-state index in [9.17, 15) is 9.18 Å². The van der Waals surface area contributed by atoms with Gasteiger partial charge in [0, 0.05) is 23.5 Å². The zero-order valence-corrected chi connectivity index (χ0v) is 16.7. The molecule has 0 saturated heterocycles. The molecular weight excluding hydrogens is 371 g/mol. The molecule has 1 N–H and O–H groups in total. The molecule has 0 radical (unpaired) electrons. The monoisotopic (exact) mass is 392 g/mol. The average molecular weight is 392 g/mol. The Kier molecular flexibility index (Phi) is 4.66. The van der Waals surface area contributed by atoms with Crippen molar-refractivity contribution in [2.45, 2.75) is 33.6 Å². The van der Waals surface area contributed by atoms with Crippen LogP contribution in [0.2, 0.25) is 0 Å². The van der Waals surface area contributed by atoms with E-state index in [1.54, 1.807) is 38.4 Å². The number of rotatable bonds is 4. The van der Waals surface area contributed by atoms with Gasteiger partial charge in [-0.15, -0.1) is 5.10 Å². The van der Waals surface area contributed by atoms with Gasteiger partial charge in [0.25, 0.3) is 5.91 Å². The van der Waals surface area contributed by atoms with Crippen LogP contribution in [0, 0.1) is 19.7 Å². The lowest BCUT2D eigenvalue weighted by molar-refractivity contribution is 0.102. The lowest BCUT2D eigenvalue weighted by Crippen LogP contribution is -2.12. The van der Waals surface area contributed by atoms with E-state index >= 15 is 0 Å². The smallest absolute Gasteiger partial charge is 0.259 e. The summed E-state index contributed by atoms with van der Waals surface area (Å²) < 4.78 is 21.4. The number of benzene rings is 1. The molecular formula is C22H21FN4O2. The summed E-state index contributed by atoms with van der Waals surface area (Å²) in [6.45, 7) is 7.68. The van der Waals surface area contributed by atoms with Crippen molar-refractivity contribution >= 4 is 22.6 Å². The topological polar surface area (TPSA) is 73.0 Å². The molecule has 6 nitrogen and oxygen atoms in total. The summed E-state index contributed by atoms with van der Waals surface area (Å²) in [4.78, 5) is 16.9. The highest BCUT2D eigenvalue weighted by atomic mass is 19.1. The van der Waals surface area contributed by atoms with Crippen molar-refractivity contribution in [3.63, 3.8) is 0 Å². The van der Waals surface area contributed by atoms with Crippen molar-refractivity contribution in [1.29, 1.82) is 0 Å². The highest BCUT2D eigenvalue weighted by Gasteiger charge is 2.16. The Balaban J connectivity index is 1.67. The van der Waals surface area contributed by atoms with Crippen molar-refractivity contribution < 1.29 is 13.6 Å². The molecule has 4 aromatic rings. The van der Waals surface area contributed by atoms with Crippen LogP contribution >= 0.6 is 0 Å². The zero-order chi connectivity index (χ0) is 20.7. The third-order valence-corrected chi connectivity index (χ3v) is 4.78. The number of anilines is 1. The fraction of sp³-hybridized carbons (Fsp3) is 0.227. The number of nitrogens with one attached hydrogen (secondary N) is 1. The molecule has 0 unspecified atom stereocenters. The van der Waals surface area contributed by atoms with E-state index in [0.29, 0.717) is 34.3 Å². The van der Waals surface area contributed by atoms with Gasteiger partial charge in [0.15, 0.2) is 5.65 Å². The van der Waals surface area contributed by atoms with Gasteiger partial charge in [-0.05, 0) is 55.7 Å². The summed E-state index contributed by atoms with van der Waals surface area (Å²) in [5, 5.41) is 7.99. The predicted octanol–water partition coefficient (Wildman–Crippen LogP) is 5.15. The molecule has 3 heterocycles. The number of fused-ring (bicyclic) bond motifs is 1. The predicted molar refractivity (Wildman–Crippen MR) is 109 cm³/mol. The highest BCUT2D eigenvalue weighted by Crippen LogP contribution is 2.24. The van der Waals surface area contributed by atoms with Crippen LogP contribution in [0.1, 0.15) is 47.2 Å². The number of hydrogen-bond acceptors (Lipinski definition) is 4. The molecule has 3 aromatic heterocycles. The molecule has 1 amide bonds. The molecule has 4 rings (SSSR count). The van der Waals surface area contributed by atoms with E-state index in [2.05, 4.69) is 29.2 Å². The number of halogens is 1. The van der Waals surface area contributed by atoms with Gasteiger partial charge in [0.2, 0.25) is 0 Å². The van der Waals surface area contributed by atoms with Crippen LogP contribution in [0.4, 0.5) is 10.1 Å². The molecule has 0 atom stereocenters. The Morgan fingerprint density at radius 1 is 1.21 bits per heavy atom. The maximum atomic E-state index is 14.5. The second kappa shape index (κ2) is 7.16. The first-order chi connectivity index (χ1) is 13.8. The van der Waals surface area contributed by atoms with Crippen LogP contribution in [0.5, 0.6) is 0 Å². The second-order valence-corrected chi connectivity index (χ2v) is 7.36. The van der Waals surface area contributed by atoms with Gasteiger partial charge < -0.3 is 9.73 Å². The Morgan fingerprint density at radius 3 is 2.69 bits per heavy atom. The molecule has 0 bridgehead atoms. The number of nitrogens with zero attached hydrogens (tertiary/aromatic N) is 3. The van der Waals surface area contributed by atoms with E-state index in [-0.39, 0.29) is 11.6 Å². The number of amides is 1. The summed E-state index contributed by atoms with van der Waals surface area (Å²) >= 11 is 0. The molecule has 1 aromatic carbocycles. The van der Waals surface area contributed by atoms with Gasteiger partial charge in [-0.2, -0.15) is 0 Å². The third-order valence-electron chi connectivity index (χ3n) is 4.78. The molecule has 0 spiro atoms. The fourth-order valence-electron chi connectivity index (χ4n) is 3.19. The van der Waals surface area contributed by atoms with Gasteiger partial charge in [0.05, 0.1) is 5.56 Å². The maximum absolute atomic E-state index is 14.5. The number of furan rings is 1. The van der Waals surface area contributed by atoms with Crippen LogP contribution in [-0.2, 0) is 0 Å². The Bertz CT molecular complexity index is 1220. The van der Waals surface area contributed by atoms with Crippen LogP contribution in [0.15, 0.2) is 47.1 Å². The minimum atomic E-state index is -0.449. The van der Waals surface area contributed by atoms with Gasteiger partial charge >= 0.3 is 0 Å². The Hall–Kier alpha value is -3.48. The van der Waals surface area contributed by atoms with E-state index in [1.807, 2.05) is 6.07 Å². The van der Waals surface area contributed by atoms with Crippen molar-refractivity contribution in [3.8, 4) is 5.69 Å². The Labute approximate surface area is 167 Å².